The van der Waals surface area contributed by atoms with Gasteiger partial charge < -0.3 is 10.6 Å². The average molecular weight is 312 g/mol. The van der Waals surface area contributed by atoms with Crippen molar-refractivity contribution < 1.29 is 0 Å². The molecule has 0 radical (unpaired) electrons. The van der Waals surface area contributed by atoms with Crippen molar-refractivity contribution in [2.45, 2.75) is 45.6 Å². The first-order chi connectivity index (χ1) is 8.39. The lowest BCUT2D eigenvalue weighted by Gasteiger charge is -2.39. The number of halogens is 1. The second-order valence-corrected chi connectivity index (χ2v) is 6.93. The first kappa shape index (κ1) is 13.7. The van der Waals surface area contributed by atoms with Crippen molar-refractivity contribution in [2.24, 2.45) is 5.41 Å². The molecule has 0 amide bonds. The minimum atomic E-state index is 0.503. The molecule has 3 nitrogen and oxygen atoms in total. The number of nitrogens with zero attached hydrogens (tertiary/aromatic N) is 2. The maximum absolute atomic E-state index is 5.73. The molecule has 1 aromatic rings. The first-order valence-corrected chi connectivity index (χ1v) is 7.32. The van der Waals surface area contributed by atoms with Crippen LogP contribution in [0.1, 0.15) is 39.5 Å². The van der Waals surface area contributed by atoms with Gasteiger partial charge in [-0.1, -0.05) is 13.8 Å². The molecule has 0 bridgehead atoms. The Morgan fingerprint density at radius 2 is 2.00 bits per heavy atom. The Morgan fingerprint density at radius 3 is 2.56 bits per heavy atom. The molecule has 1 saturated carbocycles. The van der Waals surface area contributed by atoms with E-state index in [-0.39, 0.29) is 0 Å². The lowest BCUT2D eigenvalue weighted by Crippen LogP contribution is -2.37. The third kappa shape index (κ3) is 2.97. The molecule has 2 N–H and O–H groups in total. The Hall–Kier alpha value is -0.770. The van der Waals surface area contributed by atoms with Gasteiger partial charge in [-0.05, 0) is 53.1 Å². The fraction of sp³-hybridized carbons (Fsp3) is 0.643. The van der Waals surface area contributed by atoms with Crippen LogP contribution in [-0.2, 0) is 0 Å². The second kappa shape index (κ2) is 5.08. The molecule has 1 heterocycles. The Balaban J connectivity index is 2.10. The summed E-state index contributed by atoms with van der Waals surface area (Å²) >= 11 is 3.55. The van der Waals surface area contributed by atoms with Crippen LogP contribution in [0.3, 0.4) is 0 Å². The normalized spacial score (nSPS) is 19.8. The van der Waals surface area contributed by atoms with Crippen LogP contribution in [0.4, 0.5) is 11.5 Å². The van der Waals surface area contributed by atoms with Gasteiger partial charge in [0, 0.05) is 13.1 Å². The van der Waals surface area contributed by atoms with Gasteiger partial charge in [0.25, 0.3) is 0 Å². The predicted octanol–water partition coefficient (Wildman–Crippen LogP) is 3.83. The van der Waals surface area contributed by atoms with Crippen molar-refractivity contribution in [1.29, 1.82) is 0 Å². The van der Waals surface area contributed by atoms with Crippen LogP contribution < -0.4 is 10.6 Å². The molecule has 4 heteroatoms. The number of hydrogen-bond donors (Lipinski definition) is 1. The molecular formula is C14H22BrN3. The third-order valence-corrected chi connectivity index (χ3v) is 4.62. The predicted molar refractivity (Wildman–Crippen MR) is 80.8 cm³/mol. The van der Waals surface area contributed by atoms with Crippen LogP contribution >= 0.6 is 15.9 Å². The Labute approximate surface area is 118 Å². The Bertz CT molecular complexity index is 421. The molecule has 18 heavy (non-hydrogen) atoms. The van der Waals surface area contributed by atoms with Crippen LogP contribution in [0.5, 0.6) is 0 Å². The minimum Gasteiger partial charge on any atom is -0.397 e. The summed E-state index contributed by atoms with van der Waals surface area (Å²) in [6.45, 7) is 4.72. The molecule has 0 unspecified atom stereocenters. The van der Waals surface area contributed by atoms with Crippen LogP contribution in [0, 0.1) is 5.41 Å². The van der Waals surface area contributed by atoms with Gasteiger partial charge in [-0.25, -0.2) is 4.98 Å². The highest BCUT2D eigenvalue weighted by Crippen LogP contribution is 2.38. The summed E-state index contributed by atoms with van der Waals surface area (Å²) in [7, 11) is 2.13. The Morgan fingerprint density at radius 1 is 1.39 bits per heavy atom. The molecule has 0 aliphatic heterocycles. The van der Waals surface area contributed by atoms with E-state index in [1.54, 1.807) is 6.20 Å². The smallest absolute Gasteiger partial charge is 0.143 e. The fourth-order valence-corrected chi connectivity index (χ4v) is 3.30. The number of hydrogen-bond acceptors (Lipinski definition) is 3. The van der Waals surface area contributed by atoms with Crippen molar-refractivity contribution >= 4 is 27.4 Å². The van der Waals surface area contributed by atoms with E-state index in [0.717, 1.165) is 10.3 Å². The molecule has 100 valence electrons. The van der Waals surface area contributed by atoms with Crippen molar-refractivity contribution in [2.75, 3.05) is 17.7 Å². The van der Waals surface area contributed by atoms with Gasteiger partial charge in [0.2, 0.25) is 0 Å². The van der Waals surface area contributed by atoms with Crippen molar-refractivity contribution in [1.82, 2.24) is 4.98 Å². The van der Waals surface area contributed by atoms with Gasteiger partial charge in [0.05, 0.1) is 16.4 Å². The number of nitrogens with two attached hydrogens (primary N) is 1. The zero-order valence-electron chi connectivity index (χ0n) is 11.4. The highest BCUT2D eigenvalue weighted by molar-refractivity contribution is 9.10. The molecule has 1 aliphatic rings. The fourth-order valence-electron chi connectivity index (χ4n) is 2.65. The number of anilines is 2. The number of nitrogen functional groups attached to an aromatic ring is 1. The maximum Gasteiger partial charge on any atom is 0.143 e. The van der Waals surface area contributed by atoms with E-state index in [4.69, 9.17) is 5.73 Å². The quantitative estimate of drug-likeness (QED) is 0.902. The molecule has 1 fully saturated rings. The summed E-state index contributed by atoms with van der Waals surface area (Å²) in [5.74, 6) is 0.994. The van der Waals surface area contributed by atoms with E-state index in [9.17, 15) is 0 Å². The molecule has 0 aromatic carbocycles. The summed E-state index contributed by atoms with van der Waals surface area (Å²) in [4.78, 5) is 6.73. The van der Waals surface area contributed by atoms with Crippen molar-refractivity contribution in [3.8, 4) is 0 Å². The molecule has 1 aliphatic carbocycles. The maximum atomic E-state index is 5.73. The molecule has 0 atom stereocenters. The topological polar surface area (TPSA) is 42.2 Å². The van der Waals surface area contributed by atoms with Gasteiger partial charge in [-0.2, -0.15) is 0 Å². The van der Waals surface area contributed by atoms with E-state index >= 15 is 0 Å². The van der Waals surface area contributed by atoms with Crippen LogP contribution in [0.15, 0.2) is 16.7 Å². The summed E-state index contributed by atoms with van der Waals surface area (Å²) < 4.78 is 0.981. The Kier molecular flexibility index (Phi) is 3.85. The van der Waals surface area contributed by atoms with E-state index in [1.807, 2.05) is 6.07 Å². The molecule has 0 spiro atoms. The van der Waals surface area contributed by atoms with E-state index in [1.165, 1.54) is 25.7 Å². The third-order valence-electron chi connectivity index (χ3n) is 4.03. The van der Waals surface area contributed by atoms with Gasteiger partial charge in [0.15, 0.2) is 0 Å². The zero-order chi connectivity index (χ0) is 13.3. The highest BCUT2D eigenvalue weighted by atomic mass is 79.9. The van der Waals surface area contributed by atoms with Gasteiger partial charge in [-0.15, -0.1) is 0 Å². The number of aromatic nitrogens is 1. The first-order valence-electron chi connectivity index (χ1n) is 6.53. The minimum absolute atomic E-state index is 0.503. The largest absolute Gasteiger partial charge is 0.397 e. The summed E-state index contributed by atoms with van der Waals surface area (Å²) in [6, 6.07) is 2.51. The standard InChI is InChI=1S/C14H22BrN3/c1-14(2)6-4-11(5-7-14)18(3)13-12(15)8-10(16)9-17-13/h8-9,11H,4-7,16H2,1-3H3. The van der Waals surface area contributed by atoms with Crippen LogP contribution in [0.2, 0.25) is 0 Å². The number of rotatable bonds is 2. The lowest BCUT2D eigenvalue weighted by molar-refractivity contribution is 0.222. The zero-order valence-corrected chi connectivity index (χ0v) is 13.0. The van der Waals surface area contributed by atoms with E-state index < -0.39 is 0 Å². The molecule has 1 aromatic heterocycles. The summed E-state index contributed by atoms with van der Waals surface area (Å²) in [5.41, 5.74) is 6.93. The van der Waals surface area contributed by atoms with Gasteiger partial charge >= 0.3 is 0 Å². The summed E-state index contributed by atoms with van der Waals surface area (Å²) in [6.07, 6.45) is 6.77. The monoisotopic (exact) mass is 311 g/mol. The molecule has 0 saturated heterocycles. The van der Waals surface area contributed by atoms with Gasteiger partial charge in [-0.3, -0.25) is 0 Å². The second-order valence-electron chi connectivity index (χ2n) is 6.08. The van der Waals surface area contributed by atoms with Crippen LogP contribution in [-0.4, -0.2) is 18.1 Å². The lowest BCUT2D eigenvalue weighted by atomic mass is 9.75. The van der Waals surface area contributed by atoms with Crippen LogP contribution in [0.25, 0.3) is 0 Å². The summed E-state index contributed by atoms with van der Waals surface area (Å²) in [5, 5.41) is 0. The number of pyridine rings is 1. The molecular weight excluding hydrogens is 290 g/mol. The highest BCUT2D eigenvalue weighted by Gasteiger charge is 2.29. The van der Waals surface area contributed by atoms with Crippen molar-refractivity contribution in [3.05, 3.63) is 16.7 Å². The molecule has 2 rings (SSSR count). The average Bonchev–Trinajstić information content (AvgIpc) is 2.28. The van der Waals surface area contributed by atoms with E-state index in [0.29, 0.717) is 17.1 Å². The van der Waals surface area contributed by atoms with Gasteiger partial charge in [0.1, 0.15) is 5.82 Å². The SMILES string of the molecule is CN(c1ncc(N)cc1Br)C1CCC(C)(C)CC1. The van der Waals surface area contributed by atoms with Crippen molar-refractivity contribution in [3.63, 3.8) is 0 Å². The van der Waals surface area contributed by atoms with E-state index in [2.05, 4.69) is 46.7 Å².